The highest BCUT2D eigenvalue weighted by molar-refractivity contribution is 5.91. The van der Waals surface area contributed by atoms with Gasteiger partial charge in [0.25, 0.3) is 0 Å². The van der Waals surface area contributed by atoms with Gasteiger partial charge in [-0.1, -0.05) is 42.5 Å². The smallest absolute Gasteiger partial charge is 0.356 e. The van der Waals surface area contributed by atoms with Crippen molar-refractivity contribution in [3.8, 4) is 11.3 Å². The summed E-state index contributed by atoms with van der Waals surface area (Å²) >= 11 is 0. The van der Waals surface area contributed by atoms with E-state index in [1.807, 2.05) is 24.3 Å². The molecule has 1 aliphatic carbocycles. The van der Waals surface area contributed by atoms with Gasteiger partial charge < -0.3 is 9.88 Å². The van der Waals surface area contributed by atoms with E-state index < -0.39 is 11.7 Å². The molecule has 0 atom stereocenters. The van der Waals surface area contributed by atoms with Gasteiger partial charge in [-0.05, 0) is 49.1 Å². The van der Waals surface area contributed by atoms with Crippen LogP contribution in [0.5, 0.6) is 0 Å². The number of H-pyrrole nitrogens is 1. The van der Waals surface area contributed by atoms with Crippen molar-refractivity contribution in [3.63, 3.8) is 0 Å². The van der Waals surface area contributed by atoms with Gasteiger partial charge >= 0.3 is 6.18 Å². The summed E-state index contributed by atoms with van der Waals surface area (Å²) in [5.41, 5.74) is 5.71. The summed E-state index contributed by atoms with van der Waals surface area (Å²) in [4.78, 5) is 19.7. The lowest BCUT2D eigenvalue weighted by Crippen LogP contribution is -2.34. The van der Waals surface area contributed by atoms with Gasteiger partial charge in [0.05, 0.1) is 17.0 Å². The van der Waals surface area contributed by atoms with Crippen LogP contribution in [-0.4, -0.2) is 33.0 Å². The lowest BCUT2D eigenvalue weighted by molar-refractivity contribution is -0.137. The Morgan fingerprint density at radius 3 is 2.46 bits per heavy atom. The molecular weight excluding hydrogens is 475 g/mol. The number of allylic oxidation sites excluding steroid dienone is 1. The highest BCUT2D eigenvalue weighted by Gasteiger charge is 2.32. The lowest BCUT2D eigenvalue weighted by atomic mass is 9.96. The first-order valence-electron chi connectivity index (χ1n) is 12.5. The lowest BCUT2D eigenvalue weighted by Gasteiger charge is -2.32. The Morgan fingerprint density at radius 1 is 0.946 bits per heavy atom. The number of aromatic amines is 1. The van der Waals surface area contributed by atoms with Crippen LogP contribution in [0.4, 0.5) is 19.0 Å². The van der Waals surface area contributed by atoms with E-state index >= 15 is 0 Å². The zero-order valence-electron chi connectivity index (χ0n) is 20.4. The number of nitrogens with zero attached hydrogens (tertiary/aromatic N) is 4. The maximum Gasteiger partial charge on any atom is 0.416 e. The van der Waals surface area contributed by atoms with Gasteiger partial charge in [-0.25, -0.2) is 15.0 Å². The first-order valence-corrected chi connectivity index (χ1v) is 12.5. The molecule has 8 heteroatoms. The number of aryl methyl sites for hydroxylation is 1. The Balaban J connectivity index is 1.20. The Morgan fingerprint density at radius 2 is 1.70 bits per heavy atom. The maximum absolute atomic E-state index is 13.2. The van der Waals surface area contributed by atoms with E-state index in [1.54, 1.807) is 12.4 Å². The molecule has 3 heterocycles. The zero-order valence-corrected chi connectivity index (χ0v) is 20.4. The fraction of sp³-hybridized carbons (Fsp3) is 0.276. The number of hydrogen-bond acceptors (Lipinski definition) is 4. The first kappa shape index (κ1) is 23.5. The molecule has 2 aromatic carbocycles. The number of hydrogen-bond donors (Lipinski definition) is 1. The normalized spacial score (nSPS) is 16.1. The molecule has 6 rings (SSSR count). The summed E-state index contributed by atoms with van der Waals surface area (Å²) in [7, 11) is 0. The molecule has 37 heavy (non-hydrogen) atoms. The van der Waals surface area contributed by atoms with Crippen LogP contribution in [0, 0.1) is 6.92 Å². The second-order valence-corrected chi connectivity index (χ2v) is 9.71. The van der Waals surface area contributed by atoms with E-state index in [2.05, 4.69) is 38.9 Å². The van der Waals surface area contributed by atoms with Crippen LogP contribution in [-0.2, 0) is 12.6 Å². The monoisotopic (exact) mass is 501 g/mol. The number of fused-ring (bicyclic) bond motifs is 1. The second-order valence-electron chi connectivity index (χ2n) is 9.71. The quantitative estimate of drug-likeness (QED) is 0.339. The van der Waals surface area contributed by atoms with Crippen molar-refractivity contribution < 1.29 is 13.2 Å². The van der Waals surface area contributed by atoms with E-state index in [0.29, 0.717) is 17.9 Å². The van der Waals surface area contributed by atoms with Crippen LogP contribution >= 0.6 is 0 Å². The van der Waals surface area contributed by atoms with Crippen molar-refractivity contribution >= 4 is 17.5 Å². The average molecular weight is 502 g/mol. The summed E-state index contributed by atoms with van der Waals surface area (Å²) in [5.74, 6) is 2.21. The molecule has 0 amide bonds. The summed E-state index contributed by atoms with van der Waals surface area (Å²) in [6.45, 7) is 3.70. The number of nitrogens with one attached hydrogen (secondary N) is 1. The van der Waals surface area contributed by atoms with E-state index in [-0.39, 0.29) is 0 Å². The summed E-state index contributed by atoms with van der Waals surface area (Å²) < 4.78 is 39.7. The topological polar surface area (TPSA) is 57.7 Å². The molecule has 5 nitrogen and oxygen atoms in total. The van der Waals surface area contributed by atoms with Crippen molar-refractivity contribution in [2.75, 3.05) is 18.0 Å². The molecule has 1 aliphatic heterocycles. The highest BCUT2D eigenvalue weighted by Crippen LogP contribution is 2.39. The number of alkyl halides is 3. The number of benzene rings is 2. The summed E-state index contributed by atoms with van der Waals surface area (Å²) in [5, 5.41) is 0. The molecule has 1 saturated heterocycles. The number of rotatable bonds is 4. The Labute approximate surface area is 213 Å². The standard InChI is InChI=1S/C29H26F3N5/c1-18-26(19-6-3-2-4-7-19)36-27(35-18)20-10-12-37(13-11-20)28-24-15-22(16-25(24)33-17-34-28)21-8-5-9-23(14-21)29(30,31)32/h2-9,14-15,17,20H,10-13,16H2,1H3,(H,35,36). The van der Waals surface area contributed by atoms with Crippen molar-refractivity contribution in [3.05, 3.63) is 94.8 Å². The van der Waals surface area contributed by atoms with Gasteiger partial charge in [-0.3, -0.25) is 0 Å². The Bertz CT molecular complexity index is 1460. The minimum Gasteiger partial charge on any atom is -0.356 e. The van der Waals surface area contributed by atoms with Crippen LogP contribution in [0.1, 0.15) is 52.7 Å². The van der Waals surface area contributed by atoms with E-state index in [9.17, 15) is 13.2 Å². The van der Waals surface area contributed by atoms with Crippen LogP contribution in [0.15, 0.2) is 60.9 Å². The average Bonchev–Trinajstić information content (AvgIpc) is 3.53. The molecule has 0 bridgehead atoms. The van der Waals surface area contributed by atoms with Crippen molar-refractivity contribution in [1.82, 2.24) is 19.9 Å². The number of piperidine rings is 1. The largest absolute Gasteiger partial charge is 0.416 e. The fourth-order valence-corrected chi connectivity index (χ4v) is 5.37. The van der Waals surface area contributed by atoms with Crippen LogP contribution in [0.25, 0.3) is 22.9 Å². The minimum atomic E-state index is -4.37. The van der Waals surface area contributed by atoms with Crippen molar-refractivity contribution in [1.29, 1.82) is 0 Å². The molecule has 0 unspecified atom stereocenters. The zero-order chi connectivity index (χ0) is 25.6. The van der Waals surface area contributed by atoms with Crippen LogP contribution in [0.3, 0.4) is 0 Å². The molecule has 2 aromatic heterocycles. The molecule has 2 aliphatic rings. The minimum absolute atomic E-state index is 0.332. The Kier molecular flexibility index (Phi) is 5.82. The molecule has 4 aromatic rings. The van der Waals surface area contributed by atoms with Gasteiger partial charge in [0.2, 0.25) is 0 Å². The molecular formula is C29H26F3N5. The van der Waals surface area contributed by atoms with Crippen molar-refractivity contribution in [2.24, 2.45) is 0 Å². The number of imidazole rings is 1. The highest BCUT2D eigenvalue weighted by atomic mass is 19.4. The van der Waals surface area contributed by atoms with E-state index in [0.717, 1.165) is 77.4 Å². The number of anilines is 1. The molecule has 188 valence electrons. The molecule has 1 fully saturated rings. The van der Waals surface area contributed by atoms with E-state index in [1.165, 1.54) is 12.1 Å². The van der Waals surface area contributed by atoms with E-state index in [4.69, 9.17) is 4.98 Å². The van der Waals surface area contributed by atoms with Gasteiger partial charge in [0, 0.05) is 42.2 Å². The predicted molar refractivity (Wildman–Crippen MR) is 138 cm³/mol. The number of halogens is 3. The molecule has 0 saturated carbocycles. The van der Waals surface area contributed by atoms with Crippen LogP contribution in [0.2, 0.25) is 0 Å². The van der Waals surface area contributed by atoms with Crippen LogP contribution < -0.4 is 4.90 Å². The third kappa shape index (κ3) is 4.52. The molecule has 0 spiro atoms. The second kappa shape index (κ2) is 9.18. The summed E-state index contributed by atoms with van der Waals surface area (Å²) in [6, 6.07) is 15.7. The number of aromatic nitrogens is 4. The first-order chi connectivity index (χ1) is 17.9. The Hall–Kier alpha value is -3.94. The SMILES string of the molecule is Cc1[nH]c(C2CCN(c3ncnc4c3C=C(c3cccc(C(F)(F)F)c3)C4)CC2)nc1-c1ccccc1. The molecule has 0 radical (unpaired) electrons. The third-order valence-corrected chi connectivity index (χ3v) is 7.31. The van der Waals surface area contributed by atoms with Gasteiger partial charge in [0.1, 0.15) is 18.0 Å². The van der Waals surface area contributed by atoms with Gasteiger partial charge in [-0.2, -0.15) is 13.2 Å². The van der Waals surface area contributed by atoms with Gasteiger partial charge in [-0.15, -0.1) is 0 Å². The molecule has 1 N–H and O–H groups in total. The maximum atomic E-state index is 13.2. The van der Waals surface area contributed by atoms with Gasteiger partial charge in [0.15, 0.2) is 0 Å². The van der Waals surface area contributed by atoms with Crippen molar-refractivity contribution in [2.45, 2.75) is 38.3 Å². The third-order valence-electron chi connectivity index (χ3n) is 7.31. The fourth-order valence-electron chi connectivity index (χ4n) is 5.37. The predicted octanol–water partition coefficient (Wildman–Crippen LogP) is 6.67. The summed E-state index contributed by atoms with van der Waals surface area (Å²) in [6.07, 6.45) is 1.51.